The van der Waals surface area contributed by atoms with Crippen LogP contribution in [0, 0.1) is 28.6 Å². The molecule has 2 heterocycles. The highest BCUT2D eigenvalue weighted by Crippen LogP contribution is 2.63. The van der Waals surface area contributed by atoms with Crippen molar-refractivity contribution in [1.82, 2.24) is 4.98 Å². The van der Waals surface area contributed by atoms with Gasteiger partial charge in [-0.2, -0.15) is 0 Å². The second-order valence-electron chi connectivity index (χ2n) is 11.0. The van der Waals surface area contributed by atoms with Gasteiger partial charge in [-0.15, -0.1) is 0 Å². The van der Waals surface area contributed by atoms with Crippen molar-refractivity contribution in [3.63, 3.8) is 0 Å². The Morgan fingerprint density at radius 3 is 2.65 bits per heavy atom. The molecule has 170 valence electrons. The largest absolute Gasteiger partial charge is 0.493 e. The minimum absolute atomic E-state index is 0.0352. The Kier molecular flexibility index (Phi) is 5.89. The number of hydrogen-bond donors (Lipinski definition) is 0. The summed E-state index contributed by atoms with van der Waals surface area (Å²) < 4.78 is 19.2. The zero-order valence-electron chi connectivity index (χ0n) is 19.4. The Balaban J connectivity index is 1.29. The van der Waals surface area contributed by atoms with Crippen molar-refractivity contribution < 1.29 is 14.2 Å². The molecule has 1 aliphatic heterocycles. The van der Waals surface area contributed by atoms with Crippen molar-refractivity contribution in [2.24, 2.45) is 28.6 Å². The van der Waals surface area contributed by atoms with E-state index in [1.54, 1.807) is 12.4 Å². The maximum Gasteiger partial charge on any atom is 0.160 e. The number of aromatic nitrogens is 1. The number of allylic oxidation sites excluding steroid dienone is 1. The van der Waals surface area contributed by atoms with Crippen molar-refractivity contribution in [2.45, 2.75) is 84.0 Å². The van der Waals surface area contributed by atoms with Crippen molar-refractivity contribution in [1.29, 1.82) is 0 Å². The van der Waals surface area contributed by atoms with Crippen LogP contribution >= 0.6 is 0 Å². The van der Waals surface area contributed by atoms with Crippen molar-refractivity contribution >= 4 is 0 Å². The van der Waals surface area contributed by atoms with Gasteiger partial charge in [0, 0.05) is 23.7 Å². The van der Waals surface area contributed by atoms with Gasteiger partial charge in [-0.3, -0.25) is 4.98 Å². The molecule has 5 rings (SSSR count). The zero-order chi connectivity index (χ0) is 21.5. The summed E-state index contributed by atoms with van der Waals surface area (Å²) in [4.78, 5) is 4.08. The number of rotatable bonds is 5. The fourth-order valence-corrected chi connectivity index (χ4v) is 7.59. The Morgan fingerprint density at radius 2 is 1.87 bits per heavy atom. The van der Waals surface area contributed by atoms with Crippen LogP contribution in [0.4, 0.5) is 0 Å². The van der Waals surface area contributed by atoms with E-state index in [0.29, 0.717) is 23.9 Å². The van der Waals surface area contributed by atoms with Crippen LogP contribution in [0.2, 0.25) is 0 Å². The number of nitrogens with zero attached hydrogens (tertiary/aromatic N) is 1. The molecule has 0 radical (unpaired) electrons. The number of pyridine rings is 1. The lowest BCUT2D eigenvalue weighted by Crippen LogP contribution is -2.62. The fourth-order valence-electron chi connectivity index (χ4n) is 7.59. The first-order valence-electron chi connectivity index (χ1n) is 12.5. The van der Waals surface area contributed by atoms with E-state index in [4.69, 9.17) is 14.2 Å². The minimum Gasteiger partial charge on any atom is -0.493 e. The third kappa shape index (κ3) is 3.84. The van der Waals surface area contributed by atoms with Gasteiger partial charge in [0.2, 0.25) is 0 Å². The monoisotopic (exact) mass is 425 g/mol. The van der Waals surface area contributed by atoms with Crippen molar-refractivity contribution in [3.05, 3.63) is 36.7 Å². The standard InChI is InChI=1S/C27H39NO3/c1-19-8-9-23-26(2,22(19)13-17-29-21-11-15-28-16-12-21)14-10-24-27(23,3)18-30-25(31-24)20-6-4-5-7-20/h11-12,15-16,20,22-25H,1,4-10,13-14,17-18H2,2-3H3/t22-,23?,24?,25-,26+,27+/m1/s1. The van der Waals surface area contributed by atoms with Crippen LogP contribution in [0.1, 0.15) is 71.6 Å². The van der Waals surface area contributed by atoms with E-state index in [1.165, 1.54) is 44.1 Å². The van der Waals surface area contributed by atoms with Gasteiger partial charge in [0.15, 0.2) is 6.29 Å². The lowest BCUT2D eigenvalue weighted by atomic mass is 9.46. The topological polar surface area (TPSA) is 40.6 Å². The highest BCUT2D eigenvalue weighted by Gasteiger charge is 2.60. The minimum atomic E-state index is 0.0352. The average molecular weight is 426 g/mol. The Bertz CT molecular complexity index is 776. The molecule has 0 aromatic carbocycles. The summed E-state index contributed by atoms with van der Waals surface area (Å²) in [6, 6.07) is 3.87. The second kappa shape index (κ2) is 8.51. The average Bonchev–Trinajstić information content (AvgIpc) is 3.31. The fraction of sp³-hybridized carbons (Fsp3) is 0.741. The van der Waals surface area contributed by atoms with Gasteiger partial charge < -0.3 is 14.2 Å². The van der Waals surface area contributed by atoms with Gasteiger partial charge in [-0.1, -0.05) is 38.8 Å². The third-order valence-corrected chi connectivity index (χ3v) is 9.28. The number of ether oxygens (including phenoxy) is 3. The summed E-state index contributed by atoms with van der Waals surface area (Å²) in [5.74, 6) is 2.63. The van der Waals surface area contributed by atoms with E-state index in [2.05, 4.69) is 25.4 Å². The molecule has 4 heteroatoms. The van der Waals surface area contributed by atoms with Crippen molar-refractivity contribution in [3.8, 4) is 5.75 Å². The predicted octanol–water partition coefficient (Wildman–Crippen LogP) is 6.17. The van der Waals surface area contributed by atoms with Crippen LogP contribution in [0.5, 0.6) is 5.75 Å². The molecule has 0 bridgehead atoms. The lowest BCUT2D eigenvalue weighted by molar-refractivity contribution is -0.316. The SMILES string of the molecule is C=C1CCC2[C@]3(C)CO[C@@H](C4CCCC4)OC3CC[C@@]2(C)[C@@H]1CCOc1ccncc1. The molecule has 2 unspecified atom stereocenters. The summed E-state index contributed by atoms with van der Waals surface area (Å²) in [5.41, 5.74) is 1.77. The van der Waals surface area contributed by atoms with Gasteiger partial charge >= 0.3 is 0 Å². The van der Waals surface area contributed by atoms with E-state index in [-0.39, 0.29) is 17.1 Å². The molecule has 0 amide bonds. The van der Waals surface area contributed by atoms with Crippen LogP contribution in [0.15, 0.2) is 36.7 Å². The quantitative estimate of drug-likeness (QED) is 0.529. The molecule has 1 aromatic heterocycles. The van der Waals surface area contributed by atoms with Gasteiger partial charge in [0.25, 0.3) is 0 Å². The molecular formula is C27H39NO3. The Labute approximate surface area is 187 Å². The van der Waals surface area contributed by atoms with Gasteiger partial charge in [-0.05, 0) is 74.3 Å². The predicted molar refractivity (Wildman–Crippen MR) is 122 cm³/mol. The van der Waals surface area contributed by atoms with Gasteiger partial charge in [0.1, 0.15) is 5.75 Å². The zero-order valence-corrected chi connectivity index (χ0v) is 19.4. The Hall–Kier alpha value is -1.39. The Morgan fingerprint density at radius 1 is 1.10 bits per heavy atom. The summed E-state index contributed by atoms with van der Waals surface area (Å²) in [6.45, 7) is 11.1. The first kappa shape index (κ1) is 21.5. The maximum absolute atomic E-state index is 6.70. The maximum atomic E-state index is 6.70. The lowest BCUT2D eigenvalue weighted by Gasteiger charge is -2.63. The first-order valence-corrected chi connectivity index (χ1v) is 12.5. The molecule has 0 spiro atoms. The van der Waals surface area contributed by atoms with Crippen LogP contribution in [0.25, 0.3) is 0 Å². The van der Waals surface area contributed by atoms with Gasteiger partial charge in [0.05, 0.1) is 19.3 Å². The van der Waals surface area contributed by atoms with Gasteiger partial charge in [-0.25, -0.2) is 0 Å². The smallest absolute Gasteiger partial charge is 0.160 e. The molecule has 4 aliphatic rings. The molecular weight excluding hydrogens is 386 g/mol. The van der Waals surface area contributed by atoms with E-state index in [1.807, 2.05) is 12.1 Å². The van der Waals surface area contributed by atoms with Crippen LogP contribution in [-0.2, 0) is 9.47 Å². The van der Waals surface area contributed by atoms with E-state index in [0.717, 1.165) is 38.2 Å². The summed E-state index contributed by atoms with van der Waals surface area (Å²) in [7, 11) is 0. The van der Waals surface area contributed by atoms with Crippen molar-refractivity contribution in [2.75, 3.05) is 13.2 Å². The number of hydrogen-bond acceptors (Lipinski definition) is 4. The highest BCUT2D eigenvalue weighted by molar-refractivity contribution is 5.19. The summed E-state index contributed by atoms with van der Waals surface area (Å²) >= 11 is 0. The van der Waals surface area contributed by atoms with E-state index < -0.39 is 0 Å². The first-order chi connectivity index (χ1) is 15.0. The molecule has 31 heavy (non-hydrogen) atoms. The van der Waals surface area contributed by atoms with E-state index in [9.17, 15) is 0 Å². The molecule has 3 aliphatic carbocycles. The molecule has 0 N–H and O–H groups in total. The second-order valence-corrected chi connectivity index (χ2v) is 11.0. The summed E-state index contributed by atoms with van der Waals surface area (Å²) in [6.07, 6.45) is 14.9. The van der Waals surface area contributed by atoms with Crippen LogP contribution in [-0.4, -0.2) is 30.6 Å². The molecule has 4 nitrogen and oxygen atoms in total. The molecule has 6 atom stereocenters. The van der Waals surface area contributed by atoms with E-state index >= 15 is 0 Å². The van der Waals surface area contributed by atoms with Crippen LogP contribution < -0.4 is 4.74 Å². The molecule has 3 saturated carbocycles. The molecule has 4 fully saturated rings. The summed E-state index contributed by atoms with van der Waals surface area (Å²) in [5, 5.41) is 0. The molecule has 1 aromatic rings. The molecule has 1 saturated heterocycles. The van der Waals surface area contributed by atoms with Crippen LogP contribution in [0.3, 0.4) is 0 Å². The third-order valence-electron chi connectivity index (χ3n) is 9.28. The number of fused-ring (bicyclic) bond motifs is 3. The normalized spacial score (nSPS) is 40.9. The highest BCUT2D eigenvalue weighted by atomic mass is 16.7.